The lowest BCUT2D eigenvalue weighted by Gasteiger charge is -2.13. The zero-order valence-corrected chi connectivity index (χ0v) is 9.19. The van der Waals surface area contributed by atoms with Crippen LogP contribution in [-0.2, 0) is 6.54 Å². The maximum absolute atomic E-state index is 12.0. The van der Waals surface area contributed by atoms with Gasteiger partial charge in [-0.15, -0.1) is 25.6 Å². The van der Waals surface area contributed by atoms with Crippen LogP contribution in [0.4, 0.5) is 13.2 Å². The molecule has 0 bridgehead atoms. The molecule has 0 saturated carbocycles. The third kappa shape index (κ3) is 4.16. The lowest BCUT2D eigenvalue weighted by atomic mass is 10.2. The monoisotopic (exact) mass is 257 g/mol. The lowest BCUT2D eigenvalue weighted by molar-refractivity contribution is -0.275. The number of hydrogen-bond acceptors (Lipinski definition) is 3. The molecule has 0 saturated heterocycles. The Hall–Kier alpha value is -1.14. The molecule has 0 aromatic heterocycles. The van der Waals surface area contributed by atoms with Gasteiger partial charge in [-0.2, -0.15) is 0 Å². The molecule has 1 aromatic carbocycles. The van der Waals surface area contributed by atoms with Crippen molar-refractivity contribution in [2.75, 3.05) is 7.11 Å². The maximum atomic E-state index is 12.0. The predicted molar refractivity (Wildman–Crippen MR) is 54.8 cm³/mol. The molecule has 0 heterocycles. The van der Waals surface area contributed by atoms with Crippen LogP contribution in [0.15, 0.2) is 18.2 Å². The topological polar surface area (TPSA) is 44.5 Å². The number of methoxy groups -OCH3 is 1. The van der Waals surface area contributed by atoms with Crippen LogP contribution in [0.3, 0.4) is 0 Å². The SMILES string of the molecule is COc1ccc(CN)cc1OC(F)(F)F.Cl. The molecule has 7 heteroatoms. The van der Waals surface area contributed by atoms with Crippen molar-refractivity contribution >= 4 is 12.4 Å². The Bertz CT molecular complexity index is 344. The average Bonchev–Trinajstić information content (AvgIpc) is 2.15. The molecule has 0 aliphatic carbocycles. The first-order valence-corrected chi connectivity index (χ1v) is 4.09. The molecule has 0 spiro atoms. The minimum atomic E-state index is -4.74. The molecule has 0 radical (unpaired) electrons. The van der Waals surface area contributed by atoms with E-state index in [2.05, 4.69) is 4.74 Å². The fourth-order valence-electron chi connectivity index (χ4n) is 1.05. The summed E-state index contributed by atoms with van der Waals surface area (Å²) in [6, 6.07) is 4.15. The van der Waals surface area contributed by atoms with Gasteiger partial charge >= 0.3 is 6.36 Å². The molecule has 92 valence electrons. The van der Waals surface area contributed by atoms with Gasteiger partial charge in [0.25, 0.3) is 0 Å². The first kappa shape index (κ1) is 14.9. The van der Waals surface area contributed by atoms with E-state index in [-0.39, 0.29) is 30.5 Å². The molecule has 1 aromatic rings. The van der Waals surface area contributed by atoms with Gasteiger partial charge < -0.3 is 15.2 Å². The van der Waals surface area contributed by atoms with Crippen LogP contribution in [0.5, 0.6) is 11.5 Å². The summed E-state index contributed by atoms with van der Waals surface area (Å²) in [6.07, 6.45) is -4.74. The number of rotatable bonds is 3. The van der Waals surface area contributed by atoms with E-state index in [1.54, 1.807) is 6.07 Å². The Morgan fingerprint density at radius 2 is 1.88 bits per heavy atom. The van der Waals surface area contributed by atoms with Crippen molar-refractivity contribution in [3.8, 4) is 11.5 Å². The smallest absolute Gasteiger partial charge is 0.493 e. The fourth-order valence-corrected chi connectivity index (χ4v) is 1.05. The van der Waals surface area contributed by atoms with Crippen molar-refractivity contribution in [2.24, 2.45) is 5.73 Å². The Morgan fingerprint density at radius 1 is 1.25 bits per heavy atom. The van der Waals surface area contributed by atoms with E-state index in [1.165, 1.54) is 19.2 Å². The van der Waals surface area contributed by atoms with Gasteiger partial charge in [-0.25, -0.2) is 0 Å². The standard InChI is InChI=1S/C9H10F3NO2.ClH/c1-14-7-3-2-6(5-13)4-8(7)15-9(10,11)12;/h2-4H,5,13H2,1H3;1H. The van der Waals surface area contributed by atoms with Crippen LogP contribution < -0.4 is 15.2 Å². The number of alkyl halides is 3. The molecule has 0 amide bonds. The maximum Gasteiger partial charge on any atom is 0.573 e. The molecule has 0 unspecified atom stereocenters. The molecular weight excluding hydrogens is 247 g/mol. The van der Waals surface area contributed by atoms with Gasteiger partial charge in [0.2, 0.25) is 0 Å². The van der Waals surface area contributed by atoms with Crippen LogP contribution in [0, 0.1) is 0 Å². The molecule has 0 aliphatic rings. The summed E-state index contributed by atoms with van der Waals surface area (Å²) in [5.74, 6) is -0.363. The molecule has 3 nitrogen and oxygen atoms in total. The second-order valence-electron chi connectivity index (χ2n) is 2.74. The van der Waals surface area contributed by atoms with Crippen molar-refractivity contribution in [2.45, 2.75) is 12.9 Å². The van der Waals surface area contributed by atoms with E-state index in [9.17, 15) is 13.2 Å². The van der Waals surface area contributed by atoms with E-state index >= 15 is 0 Å². The van der Waals surface area contributed by atoms with Crippen LogP contribution in [-0.4, -0.2) is 13.5 Å². The summed E-state index contributed by atoms with van der Waals surface area (Å²) >= 11 is 0. The van der Waals surface area contributed by atoms with Gasteiger partial charge in [-0.05, 0) is 17.7 Å². The number of halogens is 4. The van der Waals surface area contributed by atoms with Crippen molar-refractivity contribution < 1.29 is 22.6 Å². The first-order chi connectivity index (χ1) is 6.96. The van der Waals surface area contributed by atoms with Gasteiger partial charge in [-0.3, -0.25) is 0 Å². The van der Waals surface area contributed by atoms with E-state index in [0.717, 1.165) is 0 Å². The lowest BCUT2D eigenvalue weighted by Crippen LogP contribution is -2.17. The summed E-state index contributed by atoms with van der Waals surface area (Å²) < 4.78 is 44.5. The van der Waals surface area contributed by atoms with E-state index in [1.807, 2.05) is 0 Å². The molecule has 0 fully saturated rings. The van der Waals surface area contributed by atoms with Crippen LogP contribution >= 0.6 is 12.4 Å². The number of nitrogens with two attached hydrogens (primary N) is 1. The van der Waals surface area contributed by atoms with E-state index in [0.29, 0.717) is 5.56 Å². The molecule has 0 aliphatic heterocycles. The van der Waals surface area contributed by atoms with Gasteiger partial charge in [0.15, 0.2) is 11.5 Å². The summed E-state index contributed by atoms with van der Waals surface area (Å²) in [7, 11) is 1.26. The highest BCUT2D eigenvalue weighted by molar-refractivity contribution is 5.85. The summed E-state index contributed by atoms with van der Waals surface area (Å²) in [5, 5.41) is 0. The first-order valence-electron chi connectivity index (χ1n) is 4.09. The third-order valence-electron chi connectivity index (χ3n) is 1.69. The Balaban J connectivity index is 0.00000225. The van der Waals surface area contributed by atoms with Gasteiger partial charge in [-0.1, -0.05) is 6.07 Å². The second-order valence-corrected chi connectivity index (χ2v) is 2.74. The highest BCUT2D eigenvalue weighted by Gasteiger charge is 2.32. The molecule has 2 N–H and O–H groups in total. The Morgan fingerprint density at radius 3 is 2.31 bits per heavy atom. The van der Waals surface area contributed by atoms with Crippen LogP contribution in [0.2, 0.25) is 0 Å². The Labute approximate surface area is 96.7 Å². The van der Waals surface area contributed by atoms with Crippen molar-refractivity contribution in [1.29, 1.82) is 0 Å². The molecule has 16 heavy (non-hydrogen) atoms. The van der Waals surface area contributed by atoms with Gasteiger partial charge in [0.1, 0.15) is 0 Å². The van der Waals surface area contributed by atoms with E-state index < -0.39 is 6.36 Å². The van der Waals surface area contributed by atoms with Crippen LogP contribution in [0.1, 0.15) is 5.56 Å². The Kier molecular flexibility index (Phi) is 5.40. The van der Waals surface area contributed by atoms with Crippen LogP contribution in [0.25, 0.3) is 0 Å². The highest BCUT2D eigenvalue weighted by Crippen LogP contribution is 2.32. The summed E-state index contributed by atoms with van der Waals surface area (Å²) in [4.78, 5) is 0. The number of ether oxygens (including phenoxy) is 2. The predicted octanol–water partition coefficient (Wildman–Crippen LogP) is 2.47. The van der Waals surface area contributed by atoms with Gasteiger partial charge in [0, 0.05) is 6.54 Å². The van der Waals surface area contributed by atoms with Crippen molar-refractivity contribution in [3.63, 3.8) is 0 Å². The molecule has 1 rings (SSSR count). The zero-order valence-electron chi connectivity index (χ0n) is 8.38. The zero-order chi connectivity index (χ0) is 11.5. The summed E-state index contributed by atoms with van der Waals surface area (Å²) in [5.41, 5.74) is 5.83. The van der Waals surface area contributed by atoms with Crippen molar-refractivity contribution in [1.82, 2.24) is 0 Å². The third-order valence-corrected chi connectivity index (χ3v) is 1.69. The minimum absolute atomic E-state index is 0. The summed E-state index contributed by atoms with van der Waals surface area (Å²) in [6.45, 7) is 0.137. The number of hydrogen-bond donors (Lipinski definition) is 1. The second kappa shape index (κ2) is 5.81. The molecule has 0 atom stereocenters. The van der Waals surface area contributed by atoms with Gasteiger partial charge in [0.05, 0.1) is 7.11 Å². The largest absolute Gasteiger partial charge is 0.573 e. The fraction of sp³-hybridized carbons (Fsp3) is 0.333. The highest BCUT2D eigenvalue weighted by atomic mass is 35.5. The average molecular weight is 258 g/mol. The van der Waals surface area contributed by atoms with E-state index in [4.69, 9.17) is 10.5 Å². The molecular formula is C9H11ClF3NO2. The quantitative estimate of drug-likeness (QED) is 0.905. The number of benzene rings is 1. The minimum Gasteiger partial charge on any atom is -0.493 e. The normalized spacial score (nSPS) is 10.6. The van der Waals surface area contributed by atoms with Crippen molar-refractivity contribution in [3.05, 3.63) is 23.8 Å².